The number of esters is 1. The first-order valence-electron chi connectivity index (χ1n) is 20.2. The Labute approximate surface area is 316 Å². The number of hydrogen-bond donors (Lipinski definition) is 3. The highest BCUT2D eigenvalue weighted by atomic mass is 31.2. The van der Waals surface area contributed by atoms with Gasteiger partial charge in [0, 0.05) is 13.0 Å². The molecule has 3 unspecified atom stereocenters. The van der Waals surface area contributed by atoms with Crippen LogP contribution >= 0.6 is 7.82 Å². The van der Waals surface area contributed by atoms with Crippen LogP contribution in [0.5, 0.6) is 0 Å². The van der Waals surface area contributed by atoms with Crippen LogP contribution in [-0.4, -0.2) is 60.5 Å². The second-order valence-electron chi connectivity index (χ2n) is 13.4. The highest BCUT2D eigenvalue weighted by Gasteiger charge is 2.27. The van der Waals surface area contributed by atoms with Gasteiger partial charge in [-0.05, 0) is 51.4 Å². The van der Waals surface area contributed by atoms with Gasteiger partial charge in [0.25, 0.3) is 0 Å². The summed E-state index contributed by atoms with van der Waals surface area (Å²) in [6.45, 7) is 3.68. The Bertz CT molecular complexity index is 1010. The van der Waals surface area contributed by atoms with Gasteiger partial charge >= 0.3 is 19.8 Å². The van der Waals surface area contributed by atoms with E-state index in [1.54, 1.807) is 0 Å². The molecule has 0 amide bonds. The third-order valence-electron chi connectivity index (χ3n) is 8.37. The quantitative estimate of drug-likeness (QED) is 0.0240. The van der Waals surface area contributed by atoms with Gasteiger partial charge in [0.2, 0.25) is 0 Å². The van der Waals surface area contributed by atoms with Crippen LogP contribution in [0.15, 0.2) is 48.6 Å². The SMILES string of the molecule is CC/C=C\C/C=C\C/C=C\C/C=C\CCCCCOCC(COP(=O)(O)OCC(N)C(=O)O)OC(=O)CCCCCCCCCCCCCCCC. The zero-order chi connectivity index (χ0) is 38.4. The van der Waals surface area contributed by atoms with E-state index in [-0.39, 0.29) is 13.0 Å². The van der Waals surface area contributed by atoms with Crippen LogP contribution < -0.4 is 5.73 Å². The lowest BCUT2D eigenvalue weighted by Crippen LogP contribution is -2.34. The van der Waals surface area contributed by atoms with Gasteiger partial charge in [0.15, 0.2) is 0 Å². The standard InChI is InChI=1S/C41H74NO9P/c1-3-5-7-9-11-13-15-17-19-20-22-24-26-28-30-32-34-48-35-38(36-49-52(46,47)50-37-39(42)41(44)45)51-40(43)33-31-29-27-25-23-21-18-16-14-12-10-8-6-4-2/h5,7,11,13,17,19,22,24,38-39H,3-4,6,8-10,12,14-16,18,20-21,23,25-37,42H2,1-2H3,(H,44,45)(H,46,47)/b7-5-,13-11-,19-17-,24-22-. The Morgan fingerprint density at radius 1 is 0.635 bits per heavy atom. The molecule has 0 aliphatic carbocycles. The molecule has 3 atom stereocenters. The molecule has 0 rings (SSSR count). The fourth-order valence-electron chi connectivity index (χ4n) is 5.24. The average Bonchev–Trinajstić information content (AvgIpc) is 3.12. The predicted octanol–water partition coefficient (Wildman–Crippen LogP) is 10.7. The van der Waals surface area contributed by atoms with Crippen LogP contribution in [-0.2, 0) is 32.7 Å². The largest absolute Gasteiger partial charge is 0.480 e. The summed E-state index contributed by atoms with van der Waals surface area (Å²) in [6, 6.07) is -1.48. The maximum Gasteiger partial charge on any atom is 0.472 e. The van der Waals surface area contributed by atoms with Gasteiger partial charge < -0.3 is 25.2 Å². The van der Waals surface area contributed by atoms with Crippen molar-refractivity contribution >= 4 is 19.8 Å². The Hall–Kier alpha value is -2.07. The van der Waals surface area contributed by atoms with Crippen molar-refractivity contribution in [1.29, 1.82) is 0 Å². The van der Waals surface area contributed by atoms with E-state index in [4.69, 9.17) is 29.4 Å². The Balaban J connectivity index is 4.34. The molecule has 0 radical (unpaired) electrons. The molecule has 0 aromatic carbocycles. The predicted molar refractivity (Wildman–Crippen MR) is 212 cm³/mol. The molecule has 4 N–H and O–H groups in total. The molecule has 0 aromatic heterocycles. The highest BCUT2D eigenvalue weighted by Crippen LogP contribution is 2.43. The van der Waals surface area contributed by atoms with Crippen LogP contribution in [0.3, 0.4) is 0 Å². The number of allylic oxidation sites excluding steroid dienone is 8. The third kappa shape index (κ3) is 36.3. The third-order valence-corrected chi connectivity index (χ3v) is 9.32. The number of carbonyl (C=O) groups is 2. The molecule has 302 valence electrons. The average molecular weight is 756 g/mol. The Kier molecular flexibility index (Phi) is 35.8. The molecule has 0 aliphatic rings. The number of rotatable bonds is 38. The first-order chi connectivity index (χ1) is 25.2. The molecular weight excluding hydrogens is 681 g/mol. The van der Waals surface area contributed by atoms with Gasteiger partial charge in [-0.1, -0.05) is 152 Å². The Morgan fingerprint density at radius 3 is 1.65 bits per heavy atom. The van der Waals surface area contributed by atoms with E-state index in [2.05, 4.69) is 62.5 Å². The number of ether oxygens (including phenoxy) is 2. The molecule has 11 heteroatoms. The summed E-state index contributed by atoms with van der Waals surface area (Å²) in [6.07, 6.45) is 41.6. The van der Waals surface area contributed by atoms with E-state index < -0.39 is 45.1 Å². The second-order valence-corrected chi connectivity index (χ2v) is 14.8. The van der Waals surface area contributed by atoms with E-state index in [0.717, 1.165) is 70.6 Å². The van der Waals surface area contributed by atoms with Crippen LogP contribution in [0.25, 0.3) is 0 Å². The van der Waals surface area contributed by atoms with Crippen molar-refractivity contribution in [3.05, 3.63) is 48.6 Å². The van der Waals surface area contributed by atoms with E-state index in [9.17, 15) is 19.0 Å². The summed E-state index contributed by atoms with van der Waals surface area (Å²) in [7, 11) is -4.62. The highest BCUT2D eigenvalue weighted by molar-refractivity contribution is 7.47. The van der Waals surface area contributed by atoms with Crippen molar-refractivity contribution in [2.24, 2.45) is 5.73 Å². The van der Waals surface area contributed by atoms with Gasteiger partial charge in [-0.15, -0.1) is 0 Å². The summed E-state index contributed by atoms with van der Waals surface area (Å²) in [4.78, 5) is 33.4. The zero-order valence-corrected chi connectivity index (χ0v) is 33.5. The molecule has 0 aliphatic heterocycles. The van der Waals surface area contributed by atoms with Gasteiger partial charge in [-0.25, -0.2) is 4.57 Å². The monoisotopic (exact) mass is 756 g/mol. The number of nitrogens with two attached hydrogens (primary N) is 1. The summed E-state index contributed by atoms with van der Waals surface area (Å²) in [5, 5.41) is 8.88. The van der Waals surface area contributed by atoms with Crippen LogP contribution in [0.1, 0.15) is 162 Å². The van der Waals surface area contributed by atoms with E-state index in [0.29, 0.717) is 13.0 Å². The lowest BCUT2D eigenvalue weighted by atomic mass is 10.0. The molecule has 0 heterocycles. The minimum Gasteiger partial charge on any atom is -0.480 e. The van der Waals surface area contributed by atoms with E-state index in [1.807, 2.05) is 0 Å². The molecule has 10 nitrogen and oxygen atoms in total. The first kappa shape index (κ1) is 49.9. The fraction of sp³-hybridized carbons (Fsp3) is 0.756. The topological polar surface area (TPSA) is 155 Å². The van der Waals surface area contributed by atoms with E-state index >= 15 is 0 Å². The Morgan fingerprint density at radius 2 is 1.12 bits per heavy atom. The molecule has 52 heavy (non-hydrogen) atoms. The minimum absolute atomic E-state index is 0.00398. The molecule has 0 fully saturated rings. The number of carboxylic acids is 1. The summed E-state index contributed by atoms with van der Waals surface area (Å²) < 4.78 is 33.2. The minimum atomic E-state index is -4.62. The number of carboxylic acid groups (broad SMARTS) is 1. The van der Waals surface area contributed by atoms with E-state index in [1.165, 1.54) is 64.2 Å². The van der Waals surface area contributed by atoms with Crippen LogP contribution in [0.4, 0.5) is 0 Å². The molecule has 0 saturated heterocycles. The molecule has 0 saturated carbocycles. The molecular formula is C41H74NO9P. The number of aliphatic carboxylic acids is 1. The maximum absolute atomic E-state index is 12.6. The first-order valence-corrected chi connectivity index (χ1v) is 21.7. The molecule has 0 bridgehead atoms. The van der Waals surface area contributed by atoms with Crippen molar-refractivity contribution in [3.63, 3.8) is 0 Å². The van der Waals surface area contributed by atoms with Gasteiger partial charge in [0.1, 0.15) is 12.1 Å². The second kappa shape index (κ2) is 37.3. The number of unbranched alkanes of at least 4 members (excludes halogenated alkanes) is 16. The smallest absolute Gasteiger partial charge is 0.472 e. The van der Waals surface area contributed by atoms with Crippen molar-refractivity contribution in [1.82, 2.24) is 0 Å². The van der Waals surface area contributed by atoms with Crippen LogP contribution in [0.2, 0.25) is 0 Å². The van der Waals surface area contributed by atoms with Crippen molar-refractivity contribution in [2.75, 3.05) is 26.4 Å². The zero-order valence-electron chi connectivity index (χ0n) is 32.6. The number of phosphoric ester groups is 1. The number of carbonyl (C=O) groups excluding carboxylic acids is 1. The maximum atomic E-state index is 12.6. The summed E-state index contributed by atoms with van der Waals surface area (Å²) in [5.41, 5.74) is 5.34. The lowest BCUT2D eigenvalue weighted by Gasteiger charge is -2.20. The number of hydrogen-bond acceptors (Lipinski definition) is 8. The van der Waals surface area contributed by atoms with Crippen molar-refractivity contribution in [2.45, 2.75) is 174 Å². The molecule has 0 spiro atoms. The lowest BCUT2D eigenvalue weighted by molar-refractivity contribution is -0.154. The van der Waals surface area contributed by atoms with Gasteiger partial charge in [0.05, 0.1) is 19.8 Å². The molecule has 0 aromatic rings. The summed E-state index contributed by atoms with van der Waals surface area (Å²) in [5.74, 6) is -1.79. The van der Waals surface area contributed by atoms with Crippen molar-refractivity contribution < 1.29 is 42.7 Å². The van der Waals surface area contributed by atoms with Crippen molar-refractivity contribution in [3.8, 4) is 0 Å². The summed E-state index contributed by atoms with van der Waals surface area (Å²) >= 11 is 0. The normalized spacial score (nSPS) is 14.5. The van der Waals surface area contributed by atoms with Gasteiger partial charge in [-0.2, -0.15) is 0 Å². The van der Waals surface area contributed by atoms with Crippen LogP contribution in [0, 0.1) is 0 Å². The van der Waals surface area contributed by atoms with Gasteiger partial charge in [-0.3, -0.25) is 18.6 Å². The number of phosphoric acid groups is 1. The fourth-order valence-corrected chi connectivity index (χ4v) is 6.02.